The van der Waals surface area contributed by atoms with Crippen LogP contribution in [0.25, 0.3) is 16.3 Å². The van der Waals surface area contributed by atoms with Gasteiger partial charge in [-0.25, -0.2) is 0 Å². The fourth-order valence-electron chi connectivity index (χ4n) is 6.16. The zero-order valence-electron chi connectivity index (χ0n) is 17.1. The smallest absolute Gasteiger partial charge is 0.192 e. The molecule has 148 valence electrons. The SMILES string of the molecule is O=C1c2cccc3cccc(c23)[C@@]12C(c1ccccc1)=C[C@@H]1Cc3ccccc3CN12. The summed E-state index contributed by atoms with van der Waals surface area (Å²) < 4.78 is 0. The van der Waals surface area contributed by atoms with Crippen LogP contribution in [-0.2, 0) is 18.5 Å². The third-order valence-corrected chi connectivity index (χ3v) is 7.42. The number of hydrogen-bond donors (Lipinski definition) is 0. The normalized spacial score (nSPS) is 23.8. The van der Waals surface area contributed by atoms with Crippen LogP contribution < -0.4 is 0 Å². The van der Waals surface area contributed by atoms with E-state index in [1.165, 1.54) is 11.1 Å². The second kappa shape index (κ2) is 6.03. The monoisotopic (exact) mass is 399 g/mol. The molecule has 0 saturated carbocycles. The van der Waals surface area contributed by atoms with Gasteiger partial charge >= 0.3 is 0 Å². The molecule has 1 spiro atoms. The molecule has 0 unspecified atom stereocenters. The van der Waals surface area contributed by atoms with Crippen LogP contribution in [0.5, 0.6) is 0 Å². The van der Waals surface area contributed by atoms with Crippen molar-refractivity contribution in [2.24, 2.45) is 0 Å². The van der Waals surface area contributed by atoms with Gasteiger partial charge in [-0.2, -0.15) is 0 Å². The number of ketones is 1. The van der Waals surface area contributed by atoms with Crippen molar-refractivity contribution in [2.45, 2.75) is 24.5 Å². The quantitative estimate of drug-likeness (QED) is 0.406. The molecule has 0 N–H and O–H groups in total. The maximum absolute atomic E-state index is 14.4. The lowest BCUT2D eigenvalue weighted by molar-refractivity contribution is 0.0634. The Bertz CT molecular complexity index is 1410. The minimum absolute atomic E-state index is 0.207. The number of fused-ring (bicyclic) bond motifs is 4. The molecule has 3 aliphatic rings. The van der Waals surface area contributed by atoms with Crippen LogP contribution in [0.15, 0.2) is 97.1 Å². The van der Waals surface area contributed by atoms with Gasteiger partial charge in [0.05, 0.1) is 0 Å². The van der Waals surface area contributed by atoms with E-state index < -0.39 is 5.54 Å². The van der Waals surface area contributed by atoms with E-state index in [1.807, 2.05) is 18.2 Å². The molecule has 0 fully saturated rings. The van der Waals surface area contributed by atoms with Crippen LogP contribution in [0.3, 0.4) is 0 Å². The molecule has 31 heavy (non-hydrogen) atoms. The predicted molar refractivity (Wildman–Crippen MR) is 124 cm³/mol. The summed E-state index contributed by atoms with van der Waals surface area (Å²) >= 11 is 0. The maximum atomic E-state index is 14.4. The predicted octanol–water partition coefficient (Wildman–Crippen LogP) is 5.76. The van der Waals surface area contributed by atoms with Crippen molar-refractivity contribution in [3.05, 3.63) is 125 Å². The third-order valence-electron chi connectivity index (χ3n) is 7.42. The van der Waals surface area contributed by atoms with E-state index in [0.717, 1.165) is 46.0 Å². The number of carbonyl (C=O) groups excluding carboxylic acids is 1. The summed E-state index contributed by atoms with van der Waals surface area (Å²) in [6, 6.07) is 31.9. The molecule has 0 amide bonds. The Morgan fingerprint density at radius 2 is 1.52 bits per heavy atom. The Labute approximate surface area is 181 Å². The summed E-state index contributed by atoms with van der Waals surface area (Å²) in [6.45, 7) is 0.782. The molecule has 1 aliphatic carbocycles. The fraction of sp³-hybridized carbons (Fsp3) is 0.138. The Kier molecular flexibility index (Phi) is 3.35. The molecule has 0 saturated heterocycles. The fourth-order valence-corrected chi connectivity index (χ4v) is 6.16. The lowest BCUT2D eigenvalue weighted by Gasteiger charge is -2.43. The highest BCUT2D eigenvalue weighted by molar-refractivity contribution is 6.25. The van der Waals surface area contributed by atoms with Gasteiger partial charge in [0.25, 0.3) is 0 Å². The average Bonchev–Trinajstić information content (AvgIpc) is 3.29. The highest BCUT2D eigenvalue weighted by Gasteiger charge is 2.59. The summed E-state index contributed by atoms with van der Waals surface area (Å²) in [6.07, 6.45) is 3.31. The van der Waals surface area contributed by atoms with Crippen molar-refractivity contribution < 1.29 is 4.79 Å². The summed E-state index contributed by atoms with van der Waals surface area (Å²) in [7, 11) is 0. The molecule has 4 aromatic rings. The van der Waals surface area contributed by atoms with Gasteiger partial charge in [-0.15, -0.1) is 0 Å². The van der Waals surface area contributed by atoms with Crippen molar-refractivity contribution in [3.8, 4) is 0 Å². The van der Waals surface area contributed by atoms with E-state index in [9.17, 15) is 4.79 Å². The van der Waals surface area contributed by atoms with Gasteiger partial charge in [-0.1, -0.05) is 97.1 Å². The first-order chi connectivity index (χ1) is 15.3. The molecular formula is C29H21NO. The first kappa shape index (κ1) is 17.2. The van der Waals surface area contributed by atoms with Crippen molar-refractivity contribution in [1.82, 2.24) is 4.90 Å². The minimum atomic E-state index is -0.761. The number of benzene rings is 4. The van der Waals surface area contributed by atoms with Crippen LogP contribution in [0.1, 0.15) is 32.6 Å². The Balaban J connectivity index is 1.55. The van der Waals surface area contributed by atoms with Gasteiger partial charge in [0.2, 0.25) is 0 Å². The number of rotatable bonds is 1. The molecule has 2 nitrogen and oxygen atoms in total. The summed E-state index contributed by atoms with van der Waals surface area (Å²) in [5, 5.41) is 2.27. The molecule has 4 aromatic carbocycles. The molecule has 2 heteroatoms. The molecule has 0 bridgehead atoms. The highest BCUT2D eigenvalue weighted by atomic mass is 16.1. The second-order valence-corrected chi connectivity index (χ2v) is 8.86. The molecule has 2 heterocycles. The van der Waals surface area contributed by atoms with Gasteiger partial charge in [0.15, 0.2) is 5.78 Å². The van der Waals surface area contributed by atoms with E-state index in [-0.39, 0.29) is 11.8 Å². The van der Waals surface area contributed by atoms with Crippen LogP contribution in [-0.4, -0.2) is 16.7 Å². The molecule has 0 radical (unpaired) electrons. The van der Waals surface area contributed by atoms with Gasteiger partial charge < -0.3 is 0 Å². The summed E-state index contributed by atoms with van der Waals surface area (Å²) in [5.41, 5.74) is 6.24. The number of Topliss-reactive ketones (excluding diaryl/α,β-unsaturated/α-hetero) is 1. The van der Waals surface area contributed by atoms with Crippen molar-refractivity contribution >= 4 is 22.1 Å². The molecule has 7 rings (SSSR count). The van der Waals surface area contributed by atoms with Crippen molar-refractivity contribution in [2.75, 3.05) is 0 Å². The van der Waals surface area contributed by atoms with Crippen molar-refractivity contribution in [3.63, 3.8) is 0 Å². The van der Waals surface area contributed by atoms with E-state index in [1.54, 1.807) is 0 Å². The van der Waals surface area contributed by atoms with Gasteiger partial charge in [0.1, 0.15) is 5.54 Å². The Hall–Kier alpha value is -3.49. The lowest BCUT2D eigenvalue weighted by atomic mass is 9.79. The lowest BCUT2D eigenvalue weighted by Crippen LogP contribution is -2.52. The Morgan fingerprint density at radius 1 is 0.774 bits per heavy atom. The summed E-state index contributed by atoms with van der Waals surface area (Å²) in [4.78, 5) is 16.8. The van der Waals surface area contributed by atoms with E-state index in [0.29, 0.717) is 0 Å². The first-order valence-electron chi connectivity index (χ1n) is 11.0. The number of hydrogen-bond acceptors (Lipinski definition) is 2. The van der Waals surface area contributed by atoms with Gasteiger partial charge in [0, 0.05) is 18.2 Å². The number of nitrogens with zero attached hydrogens (tertiary/aromatic N) is 1. The molecule has 0 aromatic heterocycles. The van der Waals surface area contributed by atoms with Gasteiger partial charge in [-0.3, -0.25) is 9.69 Å². The van der Waals surface area contributed by atoms with E-state index >= 15 is 0 Å². The largest absolute Gasteiger partial charge is 0.291 e. The Morgan fingerprint density at radius 3 is 2.35 bits per heavy atom. The van der Waals surface area contributed by atoms with Crippen LogP contribution >= 0.6 is 0 Å². The molecular weight excluding hydrogens is 378 g/mol. The maximum Gasteiger partial charge on any atom is 0.192 e. The third kappa shape index (κ3) is 2.08. The average molecular weight is 399 g/mol. The van der Waals surface area contributed by atoms with E-state index in [4.69, 9.17) is 0 Å². The highest BCUT2D eigenvalue weighted by Crippen LogP contribution is 2.57. The van der Waals surface area contributed by atoms with Gasteiger partial charge in [-0.05, 0) is 45.0 Å². The molecule has 2 atom stereocenters. The number of carbonyl (C=O) groups is 1. The van der Waals surface area contributed by atoms with Crippen LogP contribution in [0.2, 0.25) is 0 Å². The second-order valence-electron chi connectivity index (χ2n) is 8.86. The molecule has 2 aliphatic heterocycles. The zero-order chi connectivity index (χ0) is 20.6. The van der Waals surface area contributed by atoms with Crippen molar-refractivity contribution in [1.29, 1.82) is 0 Å². The van der Waals surface area contributed by atoms with Crippen LogP contribution in [0, 0.1) is 0 Å². The zero-order valence-corrected chi connectivity index (χ0v) is 17.1. The minimum Gasteiger partial charge on any atom is -0.291 e. The van der Waals surface area contributed by atoms with Crippen LogP contribution in [0.4, 0.5) is 0 Å². The first-order valence-corrected chi connectivity index (χ1v) is 11.0. The topological polar surface area (TPSA) is 20.3 Å². The standard InChI is InChI=1S/C29H21NO/c31-28-24-14-6-12-20-13-7-15-25(27(20)24)29(28)26(19-8-2-1-3-9-19)17-23-16-21-10-4-5-11-22(21)18-30(23)29/h1-15,17,23H,16,18H2/t23-,29+/m0/s1. The summed E-state index contributed by atoms with van der Waals surface area (Å²) in [5.74, 6) is 0.219. The van der Waals surface area contributed by atoms with E-state index in [2.05, 4.69) is 83.8 Å².